The maximum absolute atomic E-state index is 12.7. The minimum Gasteiger partial charge on any atom is -0.504 e. The van der Waals surface area contributed by atoms with Gasteiger partial charge in [-0.3, -0.25) is 0 Å². The molecular formula is C9H10BrFO2. The average Bonchev–Trinajstić information content (AvgIpc) is 1.96. The zero-order chi connectivity index (χ0) is 10.0. The molecule has 0 aliphatic heterocycles. The van der Waals surface area contributed by atoms with Crippen LogP contribution in [0.4, 0.5) is 4.39 Å². The number of halogens is 2. The van der Waals surface area contributed by atoms with Crippen LogP contribution in [0.2, 0.25) is 0 Å². The molecule has 72 valence electrons. The zero-order valence-electron chi connectivity index (χ0n) is 7.34. The van der Waals surface area contributed by atoms with Crippen molar-refractivity contribution >= 4 is 15.9 Å². The Morgan fingerprint density at radius 1 is 1.46 bits per heavy atom. The fraction of sp³-hybridized carbons (Fsp3) is 0.333. The van der Waals surface area contributed by atoms with Crippen molar-refractivity contribution in [2.45, 2.75) is 20.0 Å². The second-order valence-electron chi connectivity index (χ2n) is 2.90. The molecule has 0 heterocycles. The van der Waals surface area contributed by atoms with Crippen LogP contribution in [0.15, 0.2) is 16.6 Å². The third kappa shape index (κ3) is 2.59. The van der Waals surface area contributed by atoms with Crippen molar-refractivity contribution in [2.24, 2.45) is 0 Å². The van der Waals surface area contributed by atoms with E-state index in [2.05, 4.69) is 15.9 Å². The van der Waals surface area contributed by atoms with Gasteiger partial charge in [-0.05, 0) is 35.8 Å². The highest BCUT2D eigenvalue weighted by Gasteiger charge is 2.11. The van der Waals surface area contributed by atoms with E-state index in [1.54, 1.807) is 0 Å². The summed E-state index contributed by atoms with van der Waals surface area (Å²) >= 11 is 3.10. The number of phenolic OH excluding ortho intramolecular Hbond substituents is 1. The number of phenols is 1. The summed E-state index contributed by atoms with van der Waals surface area (Å²) in [5.74, 6) is -0.419. The molecule has 2 nitrogen and oxygen atoms in total. The molecule has 1 N–H and O–H groups in total. The molecule has 0 radical (unpaired) electrons. The van der Waals surface area contributed by atoms with Crippen LogP contribution in [0.25, 0.3) is 0 Å². The van der Waals surface area contributed by atoms with Crippen LogP contribution < -0.4 is 4.74 Å². The van der Waals surface area contributed by atoms with Crippen molar-refractivity contribution in [1.82, 2.24) is 0 Å². The van der Waals surface area contributed by atoms with E-state index in [1.165, 1.54) is 6.07 Å². The molecule has 0 fully saturated rings. The molecule has 0 saturated heterocycles. The largest absolute Gasteiger partial charge is 0.504 e. The van der Waals surface area contributed by atoms with Crippen molar-refractivity contribution < 1.29 is 14.2 Å². The quantitative estimate of drug-likeness (QED) is 0.872. The third-order valence-electron chi connectivity index (χ3n) is 1.34. The van der Waals surface area contributed by atoms with Crippen LogP contribution in [0.1, 0.15) is 13.8 Å². The van der Waals surface area contributed by atoms with Crippen LogP contribution >= 0.6 is 15.9 Å². The lowest BCUT2D eigenvalue weighted by Gasteiger charge is -2.12. The van der Waals surface area contributed by atoms with Crippen LogP contribution in [-0.4, -0.2) is 11.2 Å². The fourth-order valence-electron chi connectivity index (χ4n) is 0.899. The van der Waals surface area contributed by atoms with Gasteiger partial charge >= 0.3 is 0 Å². The van der Waals surface area contributed by atoms with E-state index in [1.807, 2.05) is 13.8 Å². The smallest absolute Gasteiger partial charge is 0.175 e. The predicted octanol–water partition coefficient (Wildman–Crippen LogP) is 3.08. The highest BCUT2D eigenvalue weighted by atomic mass is 79.9. The summed E-state index contributed by atoms with van der Waals surface area (Å²) in [6.07, 6.45) is -0.0624. The van der Waals surface area contributed by atoms with Gasteiger partial charge in [0.25, 0.3) is 0 Å². The summed E-state index contributed by atoms with van der Waals surface area (Å²) in [6.45, 7) is 3.66. The van der Waals surface area contributed by atoms with E-state index in [4.69, 9.17) is 4.74 Å². The number of aromatic hydroxyl groups is 1. The predicted molar refractivity (Wildman–Crippen MR) is 51.5 cm³/mol. The van der Waals surface area contributed by atoms with Crippen LogP contribution in [0, 0.1) is 5.82 Å². The van der Waals surface area contributed by atoms with E-state index in [0.717, 1.165) is 6.07 Å². The standard InChI is InChI=1S/C9H10BrFO2/c1-5(2)13-9-7(10)3-6(11)4-8(9)12/h3-5,12H,1-2H3. The third-order valence-corrected chi connectivity index (χ3v) is 1.93. The van der Waals surface area contributed by atoms with Gasteiger partial charge in [-0.2, -0.15) is 0 Å². The molecule has 0 atom stereocenters. The lowest BCUT2D eigenvalue weighted by Crippen LogP contribution is -2.06. The number of hydrogen-bond acceptors (Lipinski definition) is 2. The first-order valence-electron chi connectivity index (χ1n) is 3.85. The summed E-state index contributed by atoms with van der Waals surface area (Å²) in [6, 6.07) is 2.26. The monoisotopic (exact) mass is 248 g/mol. The maximum atomic E-state index is 12.7. The van der Waals surface area contributed by atoms with Crippen molar-refractivity contribution in [3.05, 3.63) is 22.4 Å². The second kappa shape index (κ2) is 3.96. The molecule has 0 aliphatic carbocycles. The molecule has 0 bridgehead atoms. The summed E-state index contributed by atoms with van der Waals surface area (Å²) < 4.78 is 18.4. The van der Waals surface area contributed by atoms with Gasteiger partial charge in [-0.1, -0.05) is 0 Å². The molecule has 0 saturated carbocycles. The Morgan fingerprint density at radius 3 is 2.54 bits per heavy atom. The van der Waals surface area contributed by atoms with E-state index in [0.29, 0.717) is 4.47 Å². The molecule has 0 aliphatic rings. The molecule has 4 heteroatoms. The number of benzene rings is 1. The van der Waals surface area contributed by atoms with Gasteiger partial charge < -0.3 is 9.84 Å². The first kappa shape index (κ1) is 10.3. The molecule has 1 rings (SSSR count). The Labute approximate surface area is 84.5 Å². The van der Waals surface area contributed by atoms with Crippen molar-refractivity contribution in [1.29, 1.82) is 0 Å². The maximum Gasteiger partial charge on any atom is 0.175 e. The van der Waals surface area contributed by atoms with E-state index >= 15 is 0 Å². The summed E-state index contributed by atoms with van der Waals surface area (Å²) in [4.78, 5) is 0. The molecular weight excluding hydrogens is 239 g/mol. The summed E-state index contributed by atoms with van der Waals surface area (Å²) in [5, 5.41) is 9.33. The lowest BCUT2D eigenvalue weighted by atomic mass is 10.3. The fourth-order valence-corrected chi connectivity index (χ4v) is 1.41. The Morgan fingerprint density at radius 2 is 2.08 bits per heavy atom. The van der Waals surface area contributed by atoms with Gasteiger partial charge in [0.1, 0.15) is 5.82 Å². The Bertz CT molecular complexity index is 289. The molecule has 0 spiro atoms. The number of rotatable bonds is 2. The zero-order valence-corrected chi connectivity index (χ0v) is 8.93. The normalized spacial score (nSPS) is 10.5. The highest BCUT2D eigenvalue weighted by Crippen LogP contribution is 2.35. The van der Waals surface area contributed by atoms with Gasteiger partial charge in [-0.15, -0.1) is 0 Å². The SMILES string of the molecule is CC(C)Oc1c(O)cc(F)cc1Br. The van der Waals surface area contributed by atoms with Gasteiger partial charge in [-0.25, -0.2) is 4.39 Å². The van der Waals surface area contributed by atoms with Gasteiger partial charge in [0, 0.05) is 6.07 Å². The van der Waals surface area contributed by atoms with E-state index in [9.17, 15) is 9.50 Å². The van der Waals surface area contributed by atoms with Gasteiger partial charge in [0.05, 0.1) is 10.6 Å². The minimum absolute atomic E-state index is 0.0624. The highest BCUT2D eigenvalue weighted by molar-refractivity contribution is 9.10. The topological polar surface area (TPSA) is 29.5 Å². The second-order valence-corrected chi connectivity index (χ2v) is 3.76. The number of ether oxygens (including phenoxy) is 1. The van der Waals surface area contributed by atoms with Crippen molar-refractivity contribution in [3.63, 3.8) is 0 Å². The van der Waals surface area contributed by atoms with Crippen molar-refractivity contribution in [3.8, 4) is 11.5 Å². The molecule has 1 aromatic carbocycles. The lowest BCUT2D eigenvalue weighted by molar-refractivity contribution is 0.229. The van der Waals surface area contributed by atoms with Crippen LogP contribution in [0.3, 0.4) is 0 Å². The Balaban J connectivity index is 3.06. The van der Waals surface area contributed by atoms with Gasteiger partial charge in [0.15, 0.2) is 11.5 Å². The van der Waals surface area contributed by atoms with E-state index in [-0.39, 0.29) is 17.6 Å². The Kier molecular flexibility index (Phi) is 3.14. The molecule has 0 unspecified atom stereocenters. The minimum atomic E-state index is -0.500. The molecule has 1 aromatic rings. The Hall–Kier alpha value is -0.770. The molecule has 0 amide bonds. The molecule has 13 heavy (non-hydrogen) atoms. The van der Waals surface area contributed by atoms with E-state index < -0.39 is 5.82 Å². The summed E-state index contributed by atoms with van der Waals surface area (Å²) in [7, 11) is 0. The average molecular weight is 249 g/mol. The van der Waals surface area contributed by atoms with Crippen LogP contribution in [0.5, 0.6) is 11.5 Å². The summed E-state index contributed by atoms with van der Waals surface area (Å²) in [5.41, 5.74) is 0. The first-order chi connectivity index (χ1) is 6.00. The van der Waals surface area contributed by atoms with Gasteiger partial charge in [0.2, 0.25) is 0 Å². The number of hydrogen-bond donors (Lipinski definition) is 1. The first-order valence-corrected chi connectivity index (χ1v) is 4.64. The van der Waals surface area contributed by atoms with Crippen LogP contribution in [-0.2, 0) is 0 Å². The van der Waals surface area contributed by atoms with Crippen molar-refractivity contribution in [2.75, 3.05) is 0 Å². The molecule has 0 aromatic heterocycles.